The molecule has 0 unspecified atom stereocenters. The van der Waals surface area contributed by atoms with Crippen molar-refractivity contribution in [2.75, 3.05) is 23.7 Å². The fraction of sp³-hybridized carbons (Fsp3) is 0.391. The summed E-state index contributed by atoms with van der Waals surface area (Å²) >= 11 is 15.5. The third-order valence-corrected chi connectivity index (χ3v) is 7.53. The average molecular weight is 593 g/mol. The molecule has 0 radical (unpaired) electrons. The number of nitrogens with one attached hydrogen (secondary N) is 1. The Kier molecular flexibility index (Phi) is 10.2. The summed E-state index contributed by atoms with van der Waals surface area (Å²) in [6.07, 6.45) is 1.03. The van der Waals surface area contributed by atoms with Crippen LogP contribution in [0.2, 0.25) is 10.0 Å². The van der Waals surface area contributed by atoms with Crippen LogP contribution < -0.4 is 9.62 Å². The molecule has 186 valence electrons. The average Bonchev–Trinajstić information content (AvgIpc) is 2.75. The quantitative estimate of drug-likeness (QED) is 0.433. The van der Waals surface area contributed by atoms with Crippen molar-refractivity contribution in [2.45, 2.75) is 33.4 Å². The second kappa shape index (κ2) is 12.2. The van der Waals surface area contributed by atoms with Gasteiger partial charge in [0.1, 0.15) is 12.6 Å². The van der Waals surface area contributed by atoms with Crippen molar-refractivity contribution >= 4 is 66.7 Å². The Morgan fingerprint density at radius 3 is 2.26 bits per heavy atom. The van der Waals surface area contributed by atoms with E-state index in [9.17, 15) is 18.0 Å². The van der Waals surface area contributed by atoms with Crippen LogP contribution in [0.3, 0.4) is 0 Å². The highest BCUT2D eigenvalue weighted by atomic mass is 79.9. The summed E-state index contributed by atoms with van der Waals surface area (Å²) in [5, 5.41) is 3.51. The normalized spacial score (nSPS) is 12.4. The van der Waals surface area contributed by atoms with Crippen molar-refractivity contribution < 1.29 is 18.0 Å². The van der Waals surface area contributed by atoms with Gasteiger partial charge in [-0.2, -0.15) is 0 Å². The van der Waals surface area contributed by atoms with E-state index in [2.05, 4.69) is 21.2 Å². The van der Waals surface area contributed by atoms with Gasteiger partial charge in [-0.25, -0.2) is 8.42 Å². The van der Waals surface area contributed by atoms with E-state index in [1.54, 1.807) is 49.4 Å². The van der Waals surface area contributed by atoms with E-state index in [1.165, 1.54) is 4.90 Å². The van der Waals surface area contributed by atoms with E-state index in [0.717, 1.165) is 10.6 Å². The summed E-state index contributed by atoms with van der Waals surface area (Å²) < 4.78 is 26.7. The van der Waals surface area contributed by atoms with Crippen LogP contribution in [0.15, 0.2) is 46.9 Å². The zero-order chi connectivity index (χ0) is 25.6. The van der Waals surface area contributed by atoms with E-state index in [0.29, 0.717) is 32.3 Å². The van der Waals surface area contributed by atoms with Gasteiger partial charge in [0.15, 0.2) is 0 Å². The van der Waals surface area contributed by atoms with Crippen molar-refractivity contribution in [1.29, 1.82) is 0 Å². The first kappa shape index (κ1) is 28.4. The molecule has 0 spiro atoms. The maximum atomic E-state index is 13.5. The number of nitrogens with zero attached hydrogens (tertiary/aromatic N) is 2. The molecule has 0 fully saturated rings. The van der Waals surface area contributed by atoms with Crippen LogP contribution in [0.4, 0.5) is 5.69 Å². The van der Waals surface area contributed by atoms with Gasteiger partial charge in [-0.3, -0.25) is 13.9 Å². The molecule has 2 rings (SSSR count). The van der Waals surface area contributed by atoms with Gasteiger partial charge in [0.25, 0.3) is 0 Å². The molecule has 7 nitrogen and oxygen atoms in total. The minimum Gasteiger partial charge on any atom is -0.354 e. The molecular formula is C23H28BrCl2N3O4S. The number of anilines is 1. The van der Waals surface area contributed by atoms with Crippen molar-refractivity contribution in [3.8, 4) is 0 Å². The Morgan fingerprint density at radius 2 is 1.71 bits per heavy atom. The third-order valence-electron chi connectivity index (χ3n) is 4.99. The number of benzene rings is 2. The predicted octanol–water partition coefficient (Wildman–Crippen LogP) is 4.71. The number of hydrogen-bond donors (Lipinski definition) is 1. The van der Waals surface area contributed by atoms with Crippen molar-refractivity contribution in [1.82, 2.24) is 10.2 Å². The molecule has 1 atom stereocenters. The third kappa shape index (κ3) is 7.86. The Hall–Kier alpha value is -1.81. The van der Waals surface area contributed by atoms with Crippen LogP contribution in [0.1, 0.15) is 26.3 Å². The number of para-hydroxylation sites is 1. The standard InChI is InChI=1S/C23H28BrCl2N3O4S/c1-15(2)12-27-23(31)16(3)28(13-17-9-10-19(25)20(26)11-17)22(30)14-29(34(4,32)33)21-8-6-5-7-18(21)24/h5-11,15-16H,12-14H2,1-4H3,(H,27,31)/t16-/m0/s1. The van der Waals surface area contributed by atoms with Gasteiger partial charge in [-0.15, -0.1) is 0 Å². The number of sulfonamides is 1. The number of hydrogen-bond acceptors (Lipinski definition) is 4. The van der Waals surface area contributed by atoms with Gasteiger partial charge in [0.05, 0.1) is 22.0 Å². The van der Waals surface area contributed by atoms with Crippen molar-refractivity contribution in [3.63, 3.8) is 0 Å². The molecule has 2 aromatic rings. The summed E-state index contributed by atoms with van der Waals surface area (Å²) in [5.41, 5.74) is 0.975. The summed E-state index contributed by atoms with van der Waals surface area (Å²) in [6, 6.07) is 10.8. The van der Waals surface area contributed by atoms with Gasteiger partial charge in [0, 0.05) is 17.6 Å². The monoisotopic (exact) mass is 591 g/mol. The molecule has 0 aliphatic rings. The van der Waals surface area contributed by atoms with Gasteiger partial charge in [-0.05, 0) is 58.6 Å². The Morgan fingerprint density at radius 1 is 1.06 bits per heavy atom. The summed E-state index contributed by atoms with van der Waals surface area (Å²) in [7, 11) is -3.80. The minimum atomic E-state index is -3.80. The van der Waals surface area contributed by atoms with E-state index in [1.807, 2.05) is 13.8 Å². The SMILES string of the molecule is CC(C)CNC(=O)[C@H](C)N(Cc1ccc(Cl)c(Cl)c1)C(=O)CN(c1ccccc1Br)S(C)(=O)=O. The lowest BCUT2D eigenvalue weighted by atomic mass is 10.1. The Balaban J connectivity index is 2.40. The lowest BCUT2D eigenvalue weighted by Crippen LogP contribution is -2.51. The van der Waals surface area contributed by atoms with Gasteiger partial charge >= 0.3 is 0 Å². The molecule has 0 heterocycles. The minimum absolute atomic E-state index is 0.0412. The highest BCUT2D eigenvalue weighted by molar-refractivity contribution is 9.10. The molecule has 0 aliphatic heterocycles. The molecule has 34 heavy (non-hydrogen) atoms. The molecule has 11 heteroatoms. The molecule has 0 bridgehead atoms. The molecule has 1 N–H and O–H groups in total. The molecule has 2 aromatic carbocycles. The molecule has 0 saturated heterocycles. The fourth-order valence-corrected chi connectivity index (χ4v) is 4.92. The Labute approximate surface area is 219 Å². The summed E-state index contributed by atoms with van der Waals surface area (Å²) in [6.45, 7) is 5.54. The summed E-state index contributed by atoms with van der Waals surface area (Å²) in [4.78, 5) is 27.6. The number of carbonyl (C=O) groups excluding carboxylic acids is 2. The highest BCUT2D eigenvalue weighted by Crippen LogP contribution is 2.28. The van der Waals surface area contributed by atoms with Crippen LogP contribution in [0.25, 0.3) is 0 Å². The van der Waals surface area contributed by atoms with E-state index < -0.39 is 28.5 Å². The largest absolute Gasteiger partial charge is 0.354 e. The number of amides is 2. The number of rotatable bonds is 10. The maximum Gasteiger partial charge on any atom is 0.244 e. The smallest absolute Gasteiger partial charge is 0.244 e. The molecule has 0 saturated carbocycles. The van der Waals surface area contributed by atoms with Crippen molar-refractivity contribution in [2.24, 2.45) is 5.92 Å². The van der Waals surface area contributed by atoms with Gasteiger partial charge in [-0.1, -0.05) is 55.2 Å². The zero-order valence-corrected chi connectivity index (χ0v) is 23.3. The van der Waals surface area contributed by atoms with E-state index in [-0.39, 0.29) is 18.4 Å². The van der Waals surface area contributed by atoms with Crippen LogP contribution >= 0.6 is 39.1 Å². The number of halogens is 3. The van der Waals surface area contributed by atoms with E-state index in [4.69, 9.17) is 23.2 Å². The van der Waals surface area contributed by atoms with Crippen molar-refractivity contribution in [3.05, 3.63) is 62.5 Å². The highest BCUT2D eigenvalue weighted by Gasteiger charge is 2.30. The lowest BCUT2D eigenvalue weighted by Gasteiger charge is -2.32. The van der Waals surface area contributed by atoms with Crippen LogP contribution in [0, 0.1) is 5.92 Å². The van der Waals surface area contributed by atoms with Crippen LogP contribution in [-0.4, -0.2) is 50.5 Å². The molecular weight excluding hydrogens is 565 g/mol. The zero-order valence-electron chi connectivity index (χ0n) is 19.4. The van der Waals surface area contributed by atoms with Gasteiger partial charge < -0.3 is 10.2 Å². The van der Waals surface area contributed by atoms with Crippen LogP contribution in [-0.2, 0) is 26.2 Å². The molecule has 0 aromatic heterocycles. The fourth-order valence-electron chi connectivity index (χ4n) is 3.12. The second-order valence-electron chi connectivity index (χ2n) is 8.31. The predicted molar refractivity (Wildman–Crippen MR) is 141 cm³/mol. The summed E-state index contributed by atoms with van der Waals surface area (Å²) in [5.74, 6) is -0.653. The lowest BCUT2D eigenvalue weighted by molar-refractivity contribution is -0.139. The van der Waals surface area contributed by atoms with Gasteiger partial charge in [0.2, 0.25) is 21.8 Å². The topological polar surface area (TPSA) is 86.8 Å². The molecule has 2 amide bonds. The van der Waals surface area contributed by atoms with Crippen LogP contribution in [0.5, 0.6) is 0 Å². The Bertz CT molecular complexity index is 1140. The first-order chi connectivity index (χ1) is 15.8. The van der Waals surface area contributed by atoms with E-state index >= 15 is 0 Å². The number of carbonyl (C=O) groups is 2. The second-order valence-corrected chi connectivity index (χ2v) is 11.9. The molecule has 0 aliphatic carbocycles. The first-order valence-corrected chi connectivity index (χ1v) is 13.9. The first-order valence-electron chi connectivity index (χ1n) is 10.5. The maximum absolute atomic E-state index is 13.5.